The molecule has 0 saturated carbocycles. The van der Waals surface area contributed by atoms with Crippen LogP contribution in [0.1, 0.15) is 12.5 Å². The van der Waals surface area contributed by atoms with Crippen molar-refractivity contribution in [3.05, 3.63) is 39.9 Å². The maximum Gasteiger partial charge on any atom is 0.310 e. The average Bonchev–Trinajstić information content (AvgIpc) is 2.46. The molecule has 0 aromatic heterocycles. The zero-order valence-electron chi connectivity index (χ0n) is 12.2. The predicted octanol–water partition coefficient (Wildman–Crippen LogP) is 1.40. The summed E-state index contributed by atoms with van der Waals surface area (Å²) in [5, 5.41) is 10.9. The van der Waals surface area contributed by atoms with Gasteiger partial charge in [-0.25, -0.2) is 0 Å². The molecule has 1 aromatic carbocycles. The van der Waals surface area contributed by atoms with E-state index in [2.05, 4.69) is 4.74 Å². The first-order chi connectivity index (χ1) is 9.86. The van der Waals surface area contributed by atoms with Gasteiger partial charge in [0.05, 0.1) is 24.4 Å². The van der Waals surface area contributed by atoms with Crippen molar-refractivity contribution in [1.29, 1.82) is 0 Å². The van der Waals surface area contributed by atoms with E-state index in [1.807, 2.05) is 0 Å². The van der Waals surface area contributed by atoms with E-state index in [1.54, 1.807) is 32.2 Å². The van der Waals surface area contributed by atoms with Gasteiger partial charge in [0, 0.05) is 25.2 Å². The molecule has 0 bridgehead atoms. The molecule has 0 saturated heterocycles. The highest BCUT2D eigenvalue weighted by Crippen LogP contribution is 2.18. The van der Waals surface area contributed by atoms with Crippen LogP contribution in [0.3, 0.4) is 0 Å². The quantitative estimate of drug-likeness (QED) is 0.449. The maximum absolute atomic E-state index is 12.1. The molecular formula is C14H18N2O5. The Balaban J connectivity index is 2.73. The van der Waals surface area contributed by atoms with Crippen LogP contribution in [-0.2, 0) is 20.7 Å². The number of carbonyl (C=O) groups excluding carboxylic acids is 2. The molecule has 1 unspecified atom stereocenters. The number of nitro groups is 1. The Kier molecular flexibility index (Phi) is 5.83. The van der Waals surface area contributed by atoms with Crippen molar-refractivity contribution in [2.24, 2.45) is 5.92 Å². The molecule has 0 fully saturated rings. The monoisotopic (exact) mass is 294 g/mol. The molecule has 0 aliphatic carbocycles. The fourth-order valence-electron chi connectivity index (χ4n) is 1.92. The molecule has 0 N–H and O–H groups in total. The highest BCUT2D eigenvalue weighted by atomic mass is 16.6. The summed E-state index contributed by atoms with van der Waals surface area (Å²) in [6.07, 6.45) is -0.0818. The molecule has 21 heavy (non-hydrogen) atoms. The van der Waals surface area contributed by atoms with Crippen LogP contribution in [0.5, 0.6) is 0 Å². The lowest BCUT2D eigenvalue weighted by Crippen LogP contribution is -2.35. The number of methoxy groups -OCH3 is 1. The van der Waals surface area contributed by atoms with Crippen molar-refractivity contribution < 1.29 is 19.2 Å². The van der Waals surface area contributed by atoms with Gasteiger partial charge in [-0.05, 0) is 0 Å². The number of hydrogen-bond donors (Lipinski definition) is 0. The van der Waals surface area contributed by atoms with Gasteiger partial charge in [-0.2, -0.15) is 0 Å². The minimum atomic E-state index is -0.514. The summed E-state index contributed by atoms with van der Waals surface area (Å²) in [5.41, 5.74) is 0.269. The van der Waals surface area contributed by atoms with Crippen LogP contribution in [0, 0.1) is 16.0 Å². The van der Waals surface area contributed by atoms with E-state index in [1.165, 1.54) is 18.1 Å². The summed E-state index contributed by atoms with van der Waals surface area (Å²) >= 11 is 0. The van der Waals surface area contributed by atoms with Gasteiger partial charge < -0.3 is 9.64 Å². The molecule has 1 aromatic rings. The highest BCUT2D eigenvalue weighted by Gasteiger charge is 2.21. The third kappa shape index (κ3) is 4.55. The molecule has 7 heteroatoms. The summed E-state index contributed by atoms with van der Waals surface area (Å²) in [5.74, 6) is -1.14. The predicted molar refractivity (Wildman–Crippen MR) is 75.6 cm³/mol. The van der Waals surface area contributed by atoms with Crippen LogP contribution in [0.15, 0.2) is 24.3 Å². The number of amides is 1. The maximum atomic E-state index is 12.1. The molecule has 0 radical (unpaired) electrons. The van der Waals surface area contributed by atoms with Crippen molar-refractivity contribution in [1.82, 2.24) is 4.90 Å². The van der Waals surface area contributed by atoms with E-state index in [0.717, 1.165) is 0 Å². The van der Waals surface area contributed by atoms with E-state index in [-0.39, 0.29) is 24.6 Å². The Morgan fingerprint density at radius 1 is 1.38 bits per heavy atom. The van der Waals surface area contributed by atoms with Crippen LogP contribution in [-0.4, -0.2) is 42.4 Å². The number of hydrogen-bond acceptors (Lipinski definition) is 5. The van der Waals surface area contributed by atoms with Gasteiger partial charge in [0.1, 0.15) is 0 Å². The zero-order valence-corrected chi connectivity index (χ0v) is 12.2. The largest absolute Gasteiger partial charge is 0.469 e. The van der Waals surface area contributed by atoms with Gasteiger partial charge in [-0.1, -0.05) is 25.1 Å². The zero-order chi connectivity index (χ0) is 16.0. The first kappa shape index (κ1) is 16.6. The topological polar surface area (TPSA) is 89.8 Å². The molecule has 0 aliphatic rings. The molecule has 0 spiro atoms. The lowest BCUT2D eigenvalue weighted by atomic mass is 10.1. The standard InChI is InChI=1S/C14H18N2O5/c1-10(14(18)21-3)9-15(2)13(17)8-11-6-4-5-7-12(11)16(19)20/h4-7,10H,8-9H2,1-3H3. The molecule has 1 atom stereocenters. The molecule has 0 aliphatic heterocycles. The number of benzene rings is 1. The Labute approximate surface area is 122 Å². The molecule has 114 valence electrons. The van der Waals surface area contributed by atoms with E-state index in [9.17, 15) is 19.7 Å². The van der Waals surface area contributed by atoms with Gasteiger partial charge in [0.15, 0.2) is 0 Å². The number of rotatable bonds is 6. The smallest absolute Gasteiger partial charge is 0.310 e. The number of para-hydroxylation sites is 1. The second-order valence-electron chi connectivity index (χ2n) is 4.76. The number of likely N-dealkylation sites (N-methyl/N-ethyl adjacent to an activating group) is 1. The first-order valence-electron chi connectivity index (χ1n) is 6.41. The number of carbonyl (C=O) groups is 2. The number of esters is 1. The third-order valence-electron chi connectivity index (χ3n) is 3.11. The van der Waals surface area contributed by atoms with E-state index < -0.39 is 16.8 Å². The Bertz CT molecular complexity index is 544. The molecule has 1 amide bonds. The summed E-state index contributed by atoms with van der Waals surface area (Å²) in [6, 6.07) is 6.11. The van der Waals surface area contributed by atoms with Crippen molar-refractivity contribution in [2.45, 2.75) is 13.3 Å². The first-order valence-corrected chi connectivity index (χ1v) is 6.41. The number of nitrogens with zero attached hydrogens (tertiary/aromatic N) is 2. The summed E-state index contributed by atoms with van der Waals surface area (Å²) in [7, 11) is 2.84. The third-order valence-corrected chi connectivity index (χ3v) is 3.11. The molecule has 1 rings (SSSR count). The molecular weight excluding hydrogens is 276 g/mol. The second kappa shape index (κ2) is 7.37. The number of nitro benzene ring substituents is 1. The Hall–Kier alpha value is -2.44. The molecule has 0 heterocycles. The fraction of sp³-hybridized carbons (Fsp3) is 0.429. The summed E-state index contributed by atoms with van der Waals surface area (Å²) < 4.78 is 4.60. The lowest BCUT2D eigenvalue weighted by molar-refractivity contribution is -0.385. The van der Waals surface area contributed by atoms with E-state index in [0.29, 0.717) is 5.56 Å². The van der Waals surface area contributed by atoms with Crippen molar-refractivity contribution in [3.63, 3.8) is 0 Å². The van der Waals surface area contributed by atoms with Crippen LogP contribution in [0.4, 0.5) is 5.69 Å². The summed E-state index contributed by atoms with van der Waals surface area (Å²) in [6.45, 7) is 1.85. The average molecular weight is 294 g/mol. The number of ether oxygens (including phenoxy) is 1. The van der Waals surface area contributed by atoms with Crippen LogP contribution < -0.4 is 0 Å². The Morgan fingerprint density at radius 3 is 2.57 bits per heavy atom. The molecule has 7 nitrogen and oxygen atoms in total. The van der Waals surface area contributed by atoms with Gasteiger partial charge in [-0.3, -0.25) is 19.7 Å². The SMILES string of the molecule is COC(=O)C(C)CN(C)C(=O)Cc1ccccc1[N+](=O)[O-]. The normalized spacial score (nSPS) is 11.6. The lowest BCUT2D eigenvalue weighted by Gasteiger charge is -2.20. The minimum Gasteiger partial charge on any atom is -0.469 e. The van der Waals surface area contributed by atoms with Crippen molar-refractivity contribution in [3.8, 4) is 0 Å². The van der Waals surface area contributed by atoms with Gasteiger partial charge in [-0.15, -0.1) is 0 Å². The van der Waals surface area contributed by atoms with E-state index in [4.69, 9.17) is 0 Å². The van der Waals surface area contributed by atoms with Gasteiger partial charge in [0.2, 0.25) is 5.91 Å². The summed E-state index contributed by atoms with van der Waals surface area (Å²) in [4.78, 5) is 35.2. The van der Waals surface area contributed by atoms with Crippen LogP contribution in [0.2, 0.25) is 0 Å². The van der Waals surface area contributed by atoms with E-state index >= 15 is 0 Å². The fourth-order valence-corrected chi connectivity index (χ4v) is 1.92. The van der Waals surface area contributed by atoms with Gasteiger partial charge >= 0.3 is 5.97 Å². The highest BCUT2D eigenvalue weighted by molar-refractivity contribution is 5.80. The Morgan fingerprint density at radius 2 is 2.00 bits per heavy atom. The van der Waals surface area contributed by atoms with Crippen LogP contribution in [0.25, 0.3) is 0 Å². The van der Waals surface area contributed by atoms with Gasteiger partial charge in [0.25, 0.3) is 5.69 Å². The van der Waals surface area contributed by atoms with Crippen molar-refractivity contribution >= 4 is 17.6 Å². The second-order valence-corrected chi connectivity index (χ2v) is 4.76. The van der Waals surface area contributed by atoms with Crippen LogP contribution >= 0.6 is 0 Å². The minimum absolute atomic E-state index is 0.0818. The van der Waals surface area contributed by atoms with Crippen molar-refractivity contribution in [2.75, 3.05) is 20.7 Å².